The fraction of sp³-hybridized carbons (Fsp3) is 0.579. The van der Waals surface area contributed by atoms with Gasteiger partial charge >= 0.3 is 0 Å². The van der Waals surface area contributed by atoms with Gasteiger partial charge in [-0.1, -0.05) is 19.1 Å². The summed E-state index contributed by atoms with van der Waals surface area (Å²) >= 11 is 1.82. The summed E-state index contributed by atoms with van der Waals surface area (Å²) in [4.78, 5) is 28.9. The van der Waals surface area contributed by atoms with Crippen LogP contribution in [0.4, 0.5) is 5.69 Å². The minimum absolute atomic E-state index is 0.0294. The Morgan fingerprint density at radius 1 is 1.28 bits per heavy atom. The Bertz CT molecular complexity index is 627. The molecule has 0 fully saturated rings. The van der Waals surface area contributed by atoms with E-state index < -0.39 is 0 Å². The normalized spacial score (nSPS) is 18.9. The smallest absolute Gasteiger partial charge is 0.282 e. The van der Waals surface area contributed by atoms with Gasteiger partial charge in [0.1, 0.15) is 0 Å². The number of likely N-dealkylation sites (N-methyl/N-ethyl adjacent to an activating group) is 1. The van der Waals surface area contributed by atoms with Crippen molar-refractivity contribution >= 4 is 29.3 Å². The Morgan fingerprint density at radius 2 is 1.96 bits per heavy atom. The summed E-state index contributed by atoms with van der Waals surface area (Å²) in [7, 11) is 1.89. The molecule has 2 atom stereocenters. The molecule has 0 radical (unpaired) electrons. The third kappa shape index (κ3) is 6.04. The second-order valence-corrected chi connectivity index (χ2v) is 9.32. The van der Waals surface area contributed by atoms with E-state index in [9.17, 15) is 9.59 Å². The number of carbonyl (C=O) groups excluding carboxylic acids is 2. The topological polar surface area (TPSA) is 53.9 Å². The van der Waals surface area contributed by atoms with Gasteiger partial charge in [-0.25, -0.2) is 0 Å². The Morgan fingerprint density at radius 3 is 2.64 bits per heavy atom. The van der Waals surface area contributed by atoms with E-state index in [0.717, 1.165) is 28.4 Å². The molecule has 1 aliphatic heterocycles. The number of fused-ring (bicyclic) bond motifs is 1. The monoisotopic (exact) mass is 364 g/mol. The van der Waals surface area contributed by atoms with Crippen molar-refractivity contribution in [3.8, 4) is 0 Å². The standard InChI is InChI=1S/C19H29N3O2S/c1-14-10-11-22(15-8-6-7-9-16(15)25-14)18(24)13-21(5)12-17(23)20-19(2,3)4/h6-9,14H,10-13H2,1-5H3,(H,20,23)/p+1/t14-/m0/s1. The van der Waals surface area contributed by atoms with Crippen LogP contribution in [0.15, 0.2) is 29.2 Å². The lowest BCUT2D eigenvalue weighted by Gasteiger charge is -2.25. The molecule has 0 saturated heterocycles. The van der Waals surface area contributed by atoms with Gasteiger partial charge in [0.05, 0.1) is 12.7 Å². The second-order valence-electron chi connectivity index (χ2n) is 7.84. The van der Waals surface area contributed by atoms with Crippen LogP contribution in [0.2, 0.25) is 0 Å². The zero-order chi connectivity index (χ0) is 18.6. The summed E-state index contributed by atoms with van der Waals surface area (Å²) in [6.45, 7) is 9.40. The van der Waals surface area contributed by atoms with E-state index in [0.29, 0.717) is 18.3 Å². The summed E-state index contributed by atoms with van der Waals surface area (Å²) < 4.78 is 0. The van der Waals surface area contributed by atoms with Crippen LogP contribution in [-0.4, -0.2) is 49.3 Å². The summed E-state index contributed by atoms with van der Waals surface area (Å²) in [5.74, 6) is 0.0430. The summed E-state index contributed by atoms with van der Waals surface area (Å²) in [5, 5.41) is 3.43. The Kier molecular flexibility index (Phi) is 6.52. The van der Waals surface area contributed by atoms with E-state index in [2.05, 4.69) is 18.3 Å². The van der Waals surface area contributed by atoms with Crippen molar-refractivity contribution in [1.29, 1.82) is 0 Å². The average Bonchev–Trinajstić information content (AvgIpc) is 2.62. The molecule has 0 spiro atoms. The number of quaternary nitrogens is 1. The lowest BCUT2D eigenvalue weighted by molar-refractivity contribution is -0.862. The first-order valence-electron chi connectivity index (χ1n) is 8.84. The fourth-order valence-corrected chi connectivity index (χ4v) is 4.01. The molecule has 138 valence electrons. The Balaban J connectivity index is 2.01. The first kappa shape index (κ1) is 19.8. The van der Waals surface area contributed by atoms with Gasteiger partial charge in [0.2, 0.25) is 0 Å². The maximum absolute atomic E-state index is 12.9. The molecule has 2 N–H and O–H groups in total. The molecule has 2 rings (SSSR count). The number of rotatable bonds is 4. The molecule has 2 amide bonds. The molecule has 0 aromatic heterocycles. The zero-order valence-corrected chi connectivity index (χ0v) is 16.7. The van der Waals surface area contributed by atoms with Crippen molar-refractivity contribution in [1.82, 2.24) is 5.32 Å². The van der Waals surface area contributed by atoms with Crippen molar-refractivity contribution in [2.24, 2.45) is 0 Å². The Hall–Kier alpha value is -1.53. The van der Waals surface area contributed by atoms with Crippen LogP contribution in [-0.2, 0) is 9.59 Å². The first-order valence-corrected chi connectivity index (χ1v) is 9.72. The molecule has 0 bridgehead atoms. The van der Waals surface area contributed by atoms with Crippen molar-refractivity contribution in [2.45, 2.75) is 49.8 Å². The molecule has 6 heteroatoms. The number of para-hydroxylation sites is 1. The van der Waals surface area contributed by atoms with Gasteiger partial charge in [0.15, 0.2) is 13.1 Å². The van der Waals surface area contributed by atoms with Gasteiger partial charge < -0.3 is 15.1 Å². The van der Waals surface area contributed by atoms with Gasteiger partial charge in [-0.3, -0.25) is 9.59 Å². The predicted molar refractivity (Wildman–Crippen MR) is 103 cm³/mol. The molecular weight excluding hydrogens is 334 g/mol. The van der Waals surface area contributed by atoms with Gasteiger partial charge in [-0.15, -0.1) is 11.8 Å². The summed E-state index contributed by atoms with van der Waals surface area (Å²) in [6.07, 6.45) is 0.967. The molecular formula is C19H30N3O2S+. The van der Waals surface area contributed by atoms with E-state index in [-0.39, 0.29) is 17.4 Å². The van der Waals surface area contributed by atoms with Crippen LogP contribution in [0.25, 0.3) is 0 Å². The number of hydrogen-bond acceptors (Lipinski definition) is 3. The highest BCUT2D eigenvalue weighted by atomic mass is 32.2. The third-order valence-corrected chi connectivity index (χ3v) is 5.21. The van der Waals surface area contributed by atoms with Gasteiger partial charge in [-0.2, -0.15) is 0 Å². The Labute approximate surface area is 155 Å². The van der Waals surface area contributed by atoms with Crippen LogP contribution >= 0.6 is 11.8 Å². The van der Waals surface area contributed by atoms with Crippen LogP contribution in [0, 0.1) is 0 Å². The van der Waals surface area contributed by atoms with Crippen molar-refractivity contribution in [3.63, 3.8) is 0 Å². The SMILES string of the molecule is C[C@H]1CCN(C(=O)C[NH+](C)CC(=O)NC(C)(C)C)c2ccccc2S1. The molecule has 0 aliphatic carbocycles. The zero-order valence-electron chi connectivity index (χ0n) is 15.9. The second kappa shape index (κ2) is 8.23. The minimum atomic E-state index is -0.252. The lowest BCUT2D eigenvalue weighted by Crippen LogP contribution is -3.11. The highest BCUT2D eigenvalue weighted by Gasteiger charge is 2.27. The molecule has 1 heterocycles. The number of thioether (sulfide) groups is 1. The lowest BCUT2D eigenvalue weighted by atomic mass is 10.1. The van der Waals surface area contributed by atoms with Gasteiger partial charge in [0.25, 0.3) is 11.8 Å². The number of amides is 2. The minimum Gasteiger partial charge on any atom is -0.347 e. The quantitative estimate of drug-likeness (QED) is 0.848. The largest absolute Gasteiger partial charge is 0.347 e. The average molecular weight is 365 g/mol. The van der Waals surface area contributed by atoms with Crippen LogP contribution in [0.5, 0.6) is 0 Å². The fourth-order valence-electron chi connectivity index (χ4n) is 2.90. The van der Waals surface area contributed by atoms with E-state index >= 15 is 0 Å². The van der Waals surface area contributed by atoms with Crippen LogP contribution < -0.4 is 15.1 Å². The summed E-state index contributed by atoms with van der Waals surface area (Å²) in [6, 6.07) is 8.08. The van der Waals surface area contributed by atoms with E-state index in [1.54, 1.807) is 0 Å². The number of hydrogen-bond donors (Lipinski definition) is 2. The number of nitrogens with one attached hydrogen (secondary N) is 2. The van der Waals surface area contributed by atoms with E-state index in [4.69, 9.17) is 0 Å². The van der Waals surface area contributed by atoms with Crippen molar-refractivity contribution in [2.75, 3.05) is 31.6 Å². The molecule has 1 unspecified atom stereocenters. The van der Waals surface area contributed by atoms with Gasteiger partial charge in [-0.05, 0) is 39.3 Å². The summed E-state index contributed by atoms with van der Waals surface area (Å²) in [5.41, 5.74) is 0.743. The maximum atomic E-state index is 12.9. The molecule has 25 heavy (non-hydrogen) atoms. The molecule has 0 saturated carbocycles. The molecule has 5 nitrogen and oxygen atoms in total. The highest BCUT2D eigenvalue weighted by molar-refractivity contribution is 8.00. The van der Waals surface area contributed by atoms with Crippen molar-refractivity contribution in [3.05, 3.63) is 24.3 Å². The van der Waals surface area contributed by atoms with Crippen LogP contribution in [0.1, 0.15) is 34.1 Å². The van der Waals surface area contributed by atoms with Gasteiger partial charge in [0, 0.05) is 22.2 Å². The molecule has 1 aliphatic rings. The van der Waals surface area contributed by atoms with E-state index in [1.165, 1.54) is 0 Å². The first-order chi connectivity index (χ1) is 11.7. The predicted octanol–water partition coefficient (Wildman–Crippen LogP) is 1.33. The van der Waals surface area contributed by atoms with Crippen LogP contribution in [0.3, 0.4) is 0 Å². The number of anilines is 1. The highest BCUT2D eigenvalue weighted by Crippen LogP contribution is 2.37. The third-order valence-electron chi connectivity index (χ3n) is 3.97. The number of carbonyl (C=O) groups is 2. The number of nitrogens with zero attached hydrogens (tertiary/aromatic N) is 1. The molecule has 1 aromatic rings. The molecule has 1 aromatic carbocycles. The number of benzene rings is 1. The van der Waals surface area contributed by atoms with E-state index in [1.807, 2.05) is 62.7 Å². The van der Waals surface area contributed by atoms with Crippen molar-refractivity contribution < 1.29 is 14.5 Å². The maximum Gasteiger partial charge on any atom is 0.282 e.